The molecule has 1 saturated heterocycles. The summed E-state index contributed by atoms with van der Waals surface area (Å²) in [6, 6.07) is 8.11. The second-order valence-electron chi connectivity index (χ2n) is 7.79. The van der Waals surface area contributed by atoms with E-state index in [1.165, 1.54) is 17.4 Å². The number of hydrogen-bond donors (Lipinski definition) is 0. The van der Waals surface area contributed by atoms with Crippen LogP contribution in [0.4, 0.5) is 10.8 Å². The van der Waals surface area contributed by atoms with Crippen molar-refractivity contribution in [2.45, 2.75) is 20.8 Å². The number of nitro groups is 1. The zero-order chi connectivity index (χ0) is 24.9. The highest BCUT2D eigenvalue weighted by atomic mass is 32.1. The zero-order valence-corrected chi connectivity index (χ0v) is 20.8. The average molecular weight is 501 g/mol. The molecule has 2 aromatic carbocycles. The Morgan fingerprint density at radius 2 is 1.63 bits per heavy atom. The summed E-state index contributed by atoms with van der Waals surface area (Å²) in [7, 11) is 0. The molecule has 0 unspecified atom stereocenters. The maximum atomic E-state index is 13.3. The third-order valence-electron chi connectivity index (χ3n) is 5.57. The van der Waals surface area contributed by atoms with Crippen molar-refractivity contribution < 1.29 is 23.9 Å². The molecule has 11 heteroatoms. The van der Waals surface area contributed by atoms with Gasteiger partial charge in [0, 0.05) is 43.9 Å². The van der Waals surface area contributed by atoms with E-state index in [-0.39, 0.29) is 11.6 Å². The van der Waals surface area contributed by atoms with Crippen molar-refractivity contribution in [1.82, 2.24) is 9.88 Å². The van der Waals surface area contributed by atoms with Crippen molar-refractivity contribution in [2.24, 2.45) is 0 Å². The molecule has 1 amide bonds. The minimum absolute atomic E-state index is 0.0521. The fraction of sp³-hybridized carbons (Fsp3) is 0.417. The van der Waals surface area contributed by atoms with Gasteiger partial charge in [-0.05, 0) is 39.0 Å². The maximum Gasteiger partial charge on any atom is 0.270 e. The molecule has 4 rings (SSSR count). The van der Waals surface area contributed by atoms with Gasteiger partial charge >= 0.3 is 0 Å². The summed E-state index contributed by atoms with van der Waals surface area (Å²) >= 11 is 1.42. The number of non-ortho nitro benzene ring substituents is 1. The van der Waals surface area contributed by atoms with Crippen molar-refractivity contribution >= 4 is 38.3 Å². The van der Waals surface area contributed by atoms with Gasteiger partial charge in [0.1, 0.15) is 0 Å². The number of aromatic nitrogens is 1. The Balaban J connectivity index is 1.50. The van der Waals surface area contributed by atoms with E-state index in [0.717, 1.165) is 15.3 Å². The monoisotopic (exact) mass is 500 g/mol. The van der Waals surface area contributed by atoms with E-state index in [4.69, 9.17) is 14.2 Å². The quantitative estimate of drug-likeness (QED) is 0.315. The van der Waals surface area contributed by atoms with Crippen LogP contribution in [0.3, 0.4) is 0 Å². The molecular formula is C24H28N4O6S. The smallest absolute Gasteiger partial charge is 0.270 e. The van der Waals surface area contributed by atoms with Gasteiger partial charge in [-0.2, -0.15) is 0 Å². The lowest BCUT2D eigenvalue weighted by Gasteiger charge is -2.34. The fourth-order valence-corrected chi connectivity index (χ4v) is 5.00. The van der Waals surface area contributed by atoms with Crippen molar-refractivity contribution in [2.75, 3.05) is 50.9 Å². The molecule has 0 atom stereocenters. The molecule has 0 bridgehead atoms. The first-order chi connectivity index (χ1) is 16.9. The lowest BCUT2D eigenvalue weighted by molar-refractivity contribution is -0.384. The van der Waals surface area contributed by atoms with Crippen LogP contribution in [-0.2, 0) is 0 Å². The second kappa shape index (κ2) is 10.8. The molecule has 3 aromatic rings. The van der Waals surface area contributed by atoms with Crippen molar-refractivity contribution in [3.8, 4) is 17.2 Å². The Morgan fingerprint density at radius 3 is 2.20 bits per heavy atom. The molecule has 186 valence electrons. The van der Waals surface area contributed by atoms with Crippen LogP contribution < -0.4 is 19.1 Å². The second-order valence-corrected chi connectivity index (χ2v) is 8.79. The average Bonchev–Trinajstić information content (AvgIpc) is 3.29. The van der Waals surface area contributed by atoms with Crippen LogP contribution in [0.25, 0.3) is 10.2 Å². The summed E-state index contributed by atoms with van der Waals surface area (Å²) in [6.07, 6.45) is 0. The first-order valence-corrected chi connectivity index (χ1v) is 12.4. The van der Waals surface area contributed by atoms with E-state index < -0.39 is 4.92 Å². The molecule has 1 aliphatic heterocycles. The molecule has 10 nitrogen and oxygen atoms in total. The van der Waals surface area contributed by atoms with Gasteiger partial charge in [0.2, 0.25) is 5.75 Å². The minimum Gasteiger partial charge on any atom is -0.490 e. The number of fused-ring (bicyclic) bond motifs is 1. The van der Waals surface area contributed by atoms with Gasteiger partial charge < -0.3 is 24.0 Å². The van der Waals surface area contributed by atoms with Crippen LogP contribution >= 0.6 is 11.3 Å². The lowest BCUT2D eigenvalue weighted by Crippen LogP contribution is -2.48. The van der Waals surface area contributed by atoms with Crippen LogP contribution in [0.1, 0.15) is 31.1 Å². The van der Waals surface area contributed by atoms with Crippen molar-refractivity contribution in [1.29, 1.82) is 0 Å². The Morgan fingerprint density at radius 1 is 1.00 bits per heavy atom. The van der Waals surface area contributed by atoms with Gasteiger partial charge in [-0.1, -0.05) is 11.3 Å². The highest BCUT2D eigenvalue weighted by Crippen LogP contribution is 2.39. The van der Waals surface area contributed by atoms with Crippen LogP contribution in [0.5, 0.6) is 17.2 Å². The van der Waals surface area contributed by atoms with Gasteiger partial charge in [-0.15, -0.1) is 0 Å². The van der Waals surface area contributed by atoms with Gasteiger partial charge in [0.05, 0.1) is 35.0 Å². The normalized spacial score (nSPS) is 13.7. The largest absolute Gasteiger partial charge is 0.490 e. The first kappa shape index (κ1) is 24.5. The first-order valence-electron chi connectivity index (χ1n) is 11.6. The number of piperazine rings is 1. The maximum absolute atomic E-state index is 13.3. The van der Waals surface area contributed by atoms with E-state index in [2.05, 4.69) is 9.88 Å². The molecule has 1 aliphatic rings. The van der Waals surface area contributed by atoms with Crippen LogP contribution in [0, 0.1) is 10.1 Å². The summed E-state index contributed by atoms with van der Waals surface area (Å²) in [5, 5.41) is 11.9. The number of nitrogens with zero attached hydrogens (tertiary/aromatic N) is 4. The predicted molar refractivity (Wildman–Crippen MR) is 134 cm³/mol. The number of ether oxygens (including phenoxy) is 3. The third kappa shape index (κ3) is 5.24. The molecule has 0 spiro atoms. The number of thiazole rings is 1. The van der Waals surface area contributed by atoms with Crippen molar-refractivity contribution in [3.05, 3.63) is 46.0 Å². The highest BCUT2D eigenvalue weighted by Gasteiger charge is 2.26. The van der Waals surface area contributed by atoms with E-state index in [0.29, 0.717) is 68.8 Å². The molecule has 0 aliphatic carbocycles. The summed E-state index contributed by atoms with van der Waals surface area (Å²) in [4.78, 5) is 32.5. The van der Waals surface area contributed by atoms with Gasteiger partial charge in [0.15, 0.2) is 16.6 Å². The zero-order valence-electron chi connectivity index (χ0n) is 20.0. The van der Waals surface area contributed by atoms with Crippen LogP contribution in [0.2, 0.25) is 0 Å². The Hall–Kier alpha value is -3.60. The Bertz CT molecular complexity index is 1190. The summed E-state index contributed by atoms with van der Waals surface area (Å²) in [5.41, 5.74) is 1.27. The lowest BCUT2D eigenvalue weighted by atomic mass is 10.1. The number of rotatable bonds is 9. The summed E-state index contributed by atoms with van der Waals surface area (Å²) < 4.78 is 18.0. The molecule has 0 radical (unpaired) electrons. The molecule has 0 N–H and O–H groups in total. The minimum atomic E-state index is -0.405. The number of nitro benzene ring substituents is 1. The molecular weight excluding hydrogens is 472 g/mol. The van der Waals surface area contributed by atoms with Gasteiger partial charge in [-0.25, -0.2) is 4.98 Å². The topological polar surface area (TPSA) is 107 Å². The molecule has 1 aromatic heterocycles. The van der Waals surface area contributed by atoms with Gasteiger partial charge in [-0.3, -0.25) is 14.9 Å². The highest BCUT2D eigenvalue weighted by molar-refractivity contribution is 7.22. The van der Waals surface area contributed by atoms with E-state index in [1.807, 2.05) is 20.8 Å². The standard InChI is InChI=1S/C24H28N4O6S/c1-4-32-19-13-16(14-20(33-5-2)22(19)34-6-3)23(29)26-9-11-27(12-10-26)24-25-18-8-7-17(28(30)31)15-21(18)35-24/h7-8,13-15H,4-6,9-12H2,1-3H3. The predicted octanol–water partition coefficient (Wildman–Crippen LogP) is 4.36. The molecule has 1 fully saturated rings. The van der Waals surface area contributed by atoms with Crippen LogP contribution in [0.15, 0.2) is 30.3 Å². The number of benzene rings is 2. The summed E-state index contributed by atoms with van der Waals surface area (Å²) in [5.74, 6) is 1.39. The molecule has 2 heterocycles. The van der Waals surface area contributed by atoms with E-state index in [1.54, 1.807) is 29.2 Å². The number of hydrogen-bond acceptors (Lipinski definition) is 9. The number of carbonyl (C=O) groups is 1. The third-order valence-corrected chi connectivity index (χ3v) is 6.64. The van der Waals surface area contributed by atoms with E-state index >= 15 is 0 Å². The van der Waals surface area contributed by atoms with Crippen molar-refractivity contribution in [3.63, 3.8) is 0 Å². The van der Waals surface area contributed by atoms with Crippen LogP contribution in [-0.4, -0.2) is 66.7 Å². The summed E-state index contributed by atoms with van der Waals surface area (Å²) in [6.45, 7) is 9.24. The van der Waals surface area contributed by atoms with Gasteiger partial charge in [0.25, 0.3) is 11.6 Å². The molecule has 35 heavy (non-hydrogen) atoms. The SMILES string of the molecule is CCOc1cc(C(=O)N2CCN(c3nc4ccc([N+](=O)[O-])cc4s3)CC2)cc(OCC)c1OCC. The molecule has 0 saturated carbocycles. The Kier molecular flexibility index (Phi) is 7.54. The Labute approximate surface area is 207 Å². The van der Waals surface area contributed by atoms with E-state index in [9.17, 15) is 14.9 Å². The fourth-order valence-electron chi connectivity index (χ4n) is 3.95. The number of carbonyl (C=O) groups excluding carboxylic acids is 1. The number of amides is 1. The number of anilines is 1.